The minimum Gasteiger partial charge on any atom is -0.390 e. The third-order valence-corrected chi connectivity index (χ3v) is 1.71. The van der Waals surface area contributed by atoms with Gasteiger partial charge in [0.15, 0.2) is 0 Å². The zero-order valence-corrected chi connectivity index (χ0v) is 7.38. The highest BCUT2D eigenvalue weighted by Crippen LogP contribution is 2.03. The lowest BCUT2D eigenvalue weighted by molar-refractivity contribution is 0.0152. The molecule has 0 fully saturated rings. The van der Waals surface area contributed by atoms with Crippen molar-refractivity contribution in [1.82, 2.24) is 5.32 Å². The first-order valence-electron chi connectivity index (χ1n) is 4.23. The highest BCUT2D eigenvalue weighted by molar-refractivity contribution is 4.68. The topological polar surface area (TPSA) is 52.5 Å². The van der Waals surface area contributed by atoms with Crippen molar-refractivity contribution >= 4 is 0 Å². The van der Waals surface area contributed by atoms with Gasteiger partial charge in [0, 0.05) is 6.54 Å². The molecule has 0 saturated heterocycles. The van der Waals surface area contributed by atoms with E-state index in [1.807, 2.05) is 0 Å². The van der Waals surface area contributed by atoms with Crippen LogP contribution in [0.1, 0.15) is 26.2 Å². The van der Waals surface area contributed by atoms with E-state index < -0.39 is 12.2 Å². The maximum atomic E-state index is 9.29. The van der Waals surface area contributed by atoms with Gasteiger partial charge in [-0.3, -0.25) is 0 Å². The molecule has 0 rings (SSSR count). The maximum absolute atomic E-state index is 9.29. The molecule has 0 aliphatic rings. The summed E-state index contributed by atoms with van der Waals surface area (Å²) in [7, 11) is 1.76. The van der Waals surface area contributed by atoms with Crippen molar-refractivity contribution in [2.45, 2.75) is 38.4 Å². The number of hydrogen-bond donors (Lipinski definition) is 3. The summed E-state index contributed by atoms with van der Waals surface area (Å²) in [5.74, 6) is 0. The molecule has 0 amide bonds. The predicted molar refractivity (Wildman–Crippen MR) is 45.5 cm³/mol. The molecule has 11 heavy (non-hydrogen) atoms. The lowest BCUT2D eigenvalue weighted by atomic mass is 10.1. The fourth-order valence-electron chi connectivity index (χ4n) is 0.951. The van der Waals surface area contributed by atoms with Crippen molar-refractivity contribution < 1.29 is 10.2 Å². The molecule has 0 heterocycles. The van der Waals surface area contributed by atoms with Crippen molar-refractivity contribution in [3.05, 3.63) is 0 Å². The van der Waals surface area contributed by atoms with Gasteiger partial charge in [0.05, 0.1) is 12.2 Å². The molecule has 0 aliphatic heterocycles. The Morgan fingerprint density at radius 1 is 1.27 bits per heavy atom. The number of rotatable bonds is 6. The van der Waals surface area contributed by atoms with Gasteiger partial charge in [-0.05, 0) is 13.5 Å². The van der Waals surface area contributed by atoms with Crippen LogP contribution < -0.4 is 5.32 Å². The summed E-state index contributed by atoms with van der Waals surface area (Å²) >= 11 is 0. The number of aliphatic hydroxyl groups excluding tert-OH is 2. The van der Waals surface area contributed by atoms with Crippen LogP contribution in [0.3, 0.4) is 0 Å². The Morgan fingerprint density at radius 3 is 2.36 bits per heavy atom. The van der Waals surface area contributed by atoms with E-state index in [2.05, 4.69) is 12.2 Å². The van der Waals surface area contributed by atoms with Gasteiger partial charge in [0.1, 0.15) is 0 Å². The third kappa shape index (κ3) is 5.18. The van der Waals surface area contributed by atoms with Gasteiger partial charge in [-0.1, -0.05) is 19.8 Å². The second kappa shape index (κ2) is 6.58. The molecule has 0 aromatic rings. The van der Waals surface area contributed by atoms with Crippen LogP contribution in [0.5, 0.6) is 0 Å². The van der Waals surface area contributed by atoms with Gasteiger partial charge in [0.2, 0.25) is 0 Å². The zero-order chi connectivity index (χ0) is 8.69. The fourth-order valence-corrected chi connectivity index (χ4v) is 0.951. The lowest BCUT2D eigenvalue weighted by Gasteiger charge is -2.16. The van der Waals surface area contributed by atoms with Crippen molar-refractivity contribution in [2.24, 2.45) is 0 Å². The SMILES string of the molecule is CCCCC(O)C(O)CNC. The molecule has 0 saturated carbocycles. The number of aliphatic hydroxyl groups is 2. The van der Waals surface area contributed by atoms with Gasteiger partial charge in [-0.25, -0.2) is 0 Å². The summed E-state index contributed by atoms with van der Waals surface area (Å²) in [6.45, 7) is 2.53. The molecule has 3 heteroatoms. The molecule has 0 spiro atoms. The lowest BCUT2D eigenvalue weighted by Crippen LogP contribution is -2.34. The fraction of sp³-hybridized carbons (Fsp3) is 1.00. The van der Waals surface area contributed by atoms with Gasteiger partial charge < -0.3 is 15.5 Å². The number of nitrogens with one attached hydrogen (secondary N) is 1. The normalized spacial score (nSPS) is 16.4. The van der Waals surface area contributed by atoms with Crippen LogP contribution in [0, 0.1) is 0 Å². The average Bonchev–Trinajstić information content (AvgIpc) is 2.00. The highest BCUT2D eigenvalue weighted by Gasteiger charge is 2.13. The smallest absolute Gasteiger partial charge is 0.0922 e. The van der Waals surface area contributed by atoms with Crippen LogP contribution in [0.2, 0.25) is 0 Å². The molecular weight excluding hydrogens is 142 g/mol. The molecule has 2 unspecified atom stereocenters. The monoisotopic (exact) mass is 161 g/mol. The largest absolute Gasteiger partial charge is 0.390 e. The minimum absolute atomic E-state index is 0.463. The number of hydrogen-bond acceptors (Lipinski definition) is 3. The molecule has 3 nitrogen and oxygen atoms in total. The molecule has 0 radical (unpaired) electrons. The van der Waals surface area contributed by atoms with Crippen LogP contribution in [0.4, 0.5) is 0 Å². The predicted octanol–water partition coefficient (Wildman–Crippen LogP) is 0.118. The average molecular weight is 161 g/mol. The van der Waals surface area contributed by atoms with E-state index in [0.717, 1.165) is 12.8 Å². The van der Waals surface area contributed by atoms with Crippen LogP contribution in [0.25, 0.3) is 0 Å². The summed E-state index contributed by atoms with van der Waals surface area (Å²) in [4.78, 5) is 0. The maximum Gasteiger partial charge on any atom is 0.0922 e. The van der Waals surface area contributed by atoms with E-state index >= 15 is 0 Å². The van der Waals surface area contributed by atoms with Gasteiger partial charge in [-0.15, -0.1) is 0 Å². The highest BCUT2D eigenvalue weighted by atomic mass is 16.3. The van der Waals surface area contributed by atoms with E-state index in [1.165, 1.54) is 0 Å². The Bertz CT molecular complexity index is 88.2. The Kier molecular flexibility index (Phi) is 6.51. The first-order chi connectivity index (χ1) is 5.22. The van der Waals surface area contributed by atoms with E-state index in [4.69, 9.17) is 0 Å². The minimum atomic E-state index is -0.619. The molecule has 0 aromatic carbocycles. The van der Waals surface area contributed by atoms with Crippen LogP contribution in [-0.2, 0) is 0 Å². The van der Waals surface area contributed by atoms with E-state index in [0.29, 0.717) is 13.0 Å². The summed E-state index contributed by atoms with van der Waals surface area (Å²) in [6, 6.07) is 0. The van der Waals surface area contributed by atoms with Crippen molar-refractivity contribution in [2.75, 3.05) is 13.6 Å². The van der Waals surface area contributed by atoms with Crippen LogP contribution >= 0.6 is 0 Å². The van der Waals surface area contributed by atoms with Crippen molar-refractivity contribution in [3.8, 4) is 0 Å². The summed E-state index contributed by atoms with van der Waals surface area (Å²) in [5.41, 5.74) is 0. The second-order valence-corrected chi connectivity index (χ2v) is 2.83. The standard InChI is InChI=1S/C8H19NO2/c1-3-4-5-7(10)8(11)6-9-2/h7-11H,3-6H2,1-2H3. The molecule has 0 aromatic heterocycles. The Balaban J connectivity index is 3.38. The quantitative estimate of drug-likeness (QED) is 0.518. The Labute approximate surface area is 68.4 Å². The molecule has 68 valence electrons. The molecule has 0 bridgehead atoms. The molecule has 2 atom stereocenters. The second-order valence-electron chi connectivity index (χ2n) is 2.83. The van der Waals surface area contributed by atoms with Crippen LogP contribution in [-0.4, -0.2) is 36.0 Å². The van der Waals surface area contributed by atoms with E-state index in [-0.39, 0.29) is 0 Å². The Hall–Kier alpha value is -0.120. The van der Waals surface area contributed by atoms with Crippen LogP contribution in [0.15, 0.2) is 0 Å². The van der Waals surface area contributed by atoms with Gasteiger partial charge in [0.25, 0.3) is 0 Å². The Morgan fingerprint density at radius 2 is 1.91 bits per heavy atom. The van der Waals surface area contributed by atoms with E-state index in [9.17, 15) is 10.2 Å². The summed E-state index contributed by atoms with van der Waals surface area (Å²) in [6.07, 6.45) is 1.54. The zero-order valence-electron chi connectivity index (χ0n) is 7.38. The first-order valence-corrected chi connectivity index (χ1v) is 4.23. The first kappa shape index (κ1) is 10.9. The molecule has 3 N–H and O–H groups in total. The summed E-state index contributed by atoms with van der Waals surface area (Å²) in [5, 5.41) is 21.3. The molecule has 0 aliphatic carbocycles. The van der Waals surface area contributed by atoms with Crippen molar-refractivity contribution in [3.63, 3.8) is 0 Å². The third-order valence-electron chi connectivity index (χ3n) is 1.71. The van der Waals surface area contributed by atoms with Gasteiger partial charge >= 0.3 is 0 Å². The van der Waals surface area contributed by atoms with E-state index in [1.54, 1.807) is 7.05 Å². The van der Waals surface area contributed by atoms with Gasteiger partial charge in [-0.2, -0.15) is 0 Å². The molecular formula is C8H19NO2. The number of unbranched alkanes of at least 4 members (excludes halogenated alkanes) is 1. The number of likely N-dealkylation sites (N-methyl/N-ethyl adjacent to an activating group) is 1. The summed E-state index contributed by atoms with van der Waals surface area (Å²) < 4.78 is 0. The van der Waals surface area contributed by atoms with Crippen molar-refractivity contribution in [1.29, 1.82) is 0 Å².